The number of ether oxygens (including phenoxy) is 1. The van der Waals surface area contributed by atoms with Crippen LogP contribution in [0.5, 0.6) is 0 Å². The van der Waals surface area contributed by atoms with E-state index < -0.39 is 0 Å². The van der Waals surface area contributed by atoms with Crippen LogP contribution in [0.25, 0.3) is 0 Å². The summed E-state index contributed by atoms with van der Waals surface area (Å²) >= 11 is 3.51. The number of rotatable bonds is 9. The van der Waals surface area contributed by atoms with E-state index in [1.54, 1.807) is 23.1 Å². The van der Waals surface area contributed by atoms with E-state index in [1.165, 1.54) is 16.7 Å². The van der Waals surface area contributed by atoms with Crippen LogP contribution in [0.1, 0.15) is 35.4 Å². The zero-order valence-electron chi connectivity index (χ0n) is 17.1. The molecule has 0 N–H and O–H groups in total. The molecule has 1 aliphatic rings. The van der Waals surface area contributed by atoms with Crippen LogP contribution >= 0.6 is 23.1 Å². The second-order valence-electron chi connectivity index (χ2n) is 7.66. The van der Waals surface area contributed by atoms with Gasteiger partial charge in [0.2, 0.25) is 0 Å². The summed E-state index contributed by atoms with van der Waals surface area (Å²) in [7, 11) is 2.14. The molecule has 3 heterocycles. The van der Waals surface area contributed by atoms with Crippen LogP contribution in [0.3, 0.4) is 0 Å². The zero-order valence-corrected chi connectivity index (χ0v) is 18.7. The molecule has 0 saturated carbocycles. The van der Waals surface area contributed by atoms with Crippen LogP contribution in [0.15, 0.2) is 46.2 Å². The molecule has 1 atom stereocenters. The zero-order chi connectivity index (χ0) is 20.1. The van der Waals surface area contributed by atoms with Gasteiger partial charge in [0, 0.05) is 18.9 Å². The molecule has 7 heteroatoms. The maximum Gasteiger partial charge on any atom is 0.191 e. The van der Waals surface area contributed by atoms with E-state index >= 15 is 0 Å². The topological polar surface area (TPSA) is 43.2 Å². The fourth-order valence-electron chi connectivity index (χ4n) is 3.62. The van der Waals surface area contributed by atoms with Gasteiger partial charge in [-0.05, 0) is 60.3 Å². The van der Waals surface area contributed by atoms with Gasteiger partial charge in [0.05, 0.1) is 19.2 Å². The maximum absolute atomic E-state index is 5.91. The predicted molar refractivity (Wildman–Crippen MR) is 119 cm³/mol. The van der Waals surface area contributed by atoms with Crippen LogP contribution in [0, 0.1) is 6.92 Å². The lowest BCUT2D eigenvalue weighted by atomic mass is 10.1. The van der Waals surface area contributed by atoms with E-state index in [1.807, 2.05) is 0 Å². The number of nitrogens with zero attached hydrogens (tertiary/aromatic N) is 4. The van der Waals surface area contributed by atoms with Crippen molar-refractivity contribution >= 4 is 23.1 Å². The van der Waals surface area contributed by atoms with Crippen molar-refractivity contribution < 1.29 is 4.74 Å². The molecule has 0 amide bonds. The van der Waals surface area contributed by atoms with Crippen LogP contribution in [0.2, 0.25) is 0 Å². The molecule has 0 aliphatic carbocycles. The van der Waals surface area contributed by atoms with Crippen LogP contribution in [0.4, 0.5) is 0 Å². The predicted octanol–water partition coefficient (Wildman–Crippen LogP) is 4.75. The molecule has 0 bridgehead atoms. The first-order valence-electron chi connectivity index (χ1n) is 10.1. The molecule has 1 saturated heterocycles. The molecule has 2 aromatic heterocycles. The van der Waals surface area contributed by atoms with Gasteiger partial charge in [-0.3, -0.25) is 4.90 Å². The molecule has 29 heavy (non-hydrogen) atoms. The number of aryl methyl sites for hydroxylation is 1. The Hall–Kier alpha value is -1.67. The van der Waals surface area contributed by atoms with Gasteiger partial charge in [-0.1, -0.05) is 36.0 Å². The molecule has 1 aliphatic heterocycles. The molecule has 1 aromatic carbocycles. The van der Waals surface area contributed by atoms with Crippen molar-refractivity contribution in [2.75, 3.05) is 13.7 Å². The Kier molecular flexibility index (Phi) is 7.02. The molecule has 0 unspecified atom stereocenters. The molecule has 3 aromatic rings. The summed E-state index contributed by atoms with van der Waals surface area (Å²) < 4.78 is 8.19. The Bertz CT molecular complexity index is 903. The lowest BCUT2D eigenvalue weighted by Crippen LogP contribution is -2.23. The van der Waals surface area contributed by atoms with E-state index in [2.05, 4.69) is 74.7 Å². The first kappa shape index (κ1) is 20.6. The van der Waals surface area contributed by atoms with Crippen LogP contribution in [-0.2, 0) is 30.1 Å². The monoisotopic (exact) mass is 428 g/mol. The lowest BCUT2D eigenvalue weighted by molar-refractivity contribution is 0.0934. The Morgan fingerprint density at radius 2 is 2.14 bits per heavy atom. The van der Waals surface area contributed by atoms with E-state index in [0.717, 1.165) is 55.8 Å². The third-order valence-electron chi connectivity index (χ3n) is 5.27. The van der Waals surface area contributed by atoms with Gasteiger partial charge in [0.15, 0.2) is 5.16 Å². The Morgan fingerprint density at radius 1 is 1.24 bits per heavy atom. The number of thioether (sulfide) groups is 1. The van der Waals surface area contributed by atoms with E-state index in [4.69, 9.17) is 4.74 Å². The second-order valence-corrected chi connectivity index (χ2v) is 9.39. The maximum atomic E-state index is 5.91. The van der Waals surface area contributed by atoms with E-state index in [0.29, 0.717) is 0 Å². The number of benzene rings is 1. The fraction of sp³-hybridized carbons (Fsp3) is 0.455. The number of aromatic nitrogens is 3. The first-order valence-corrected chi connectivity index (χ1v) is 12.0. The summed E-state index contributed by atoms with van der Waals surface area (Å²) in [4.78, 5) is 2.30. The van der Waals surface area contributed by atoms with Gasteiger partial charge >= 0.3 is 0 Å². The van der Waals surface area contributed by atoms with Gasteiger partial charge in [0.1, 0.15) is 5.82 Å². The number of hydrogen-bond donors (Lipinski definition) is 0. The third kappa shape index (κ3) is 5.48. The number of hydrogen-bond acceptors (Lipinski definition) is 6. The summed E-state index contributed by atoms with van der Waals surface area (Å²) in [6, 6.07) is 10.7. The summed E-state index contributed by atoms with van der Waals surface area (Å²) in [5.41, 5.74) is 4.01. The summed E-state index contributed by atoms with van der Waals surface area (Å²) in [6.45, 7) is 5.57. The van der Waals surface area contributed by atoms with Crippen molar-refractivity contribution in [1.29, 1.82) is 0 Å². The van der Waals surface area contributed by atoms with Gasteiger partial charge < -0.3 is 9.30 Å². The Morgan fingerprint density at radius 3 is 2.90 bits per heavy atom. The highest BCUT2D eigenvalue weighted by Crippen LogP contribution is 2.26. The molecule has 1 fully saturated rings. The van der Waals surface area contributed by atoms with Gasteiger partial charge in [0.25, 0.3) is 0 Å². The first-order chi connectivity index (χ1) is 14.2. The molecule has 4 rings (SSSR count). The molecule has 154 valence electrons. The fourth-order valence-corrected chi connectivity index (χ4v) is 5.33. The Balaban J connectivity index is 1.48. The van der Waals surface area contributed by atoms with E-state index in [-0.39, 0.29) is 6.10 Å². The average Bonchev–Trinajstić information content (AvgIpc) is 3.46. The summed E-state index contributed by atoms with van der Waals surface area (Å²) in [6.07, 6.45) is 2.53. The van der Waals surface area contributed by atoms with Crippen molar-refractivity contribution in [2.24, 2.45) is 0 Å². The molecular formula is C22H28N4OS2. The highest BCUT2D eigenvalue weighted by atomic mass is 32.2. The largest absolute Gasteiger partial charge is 0.376 e. The van der Waals surface area contributed by atoms with Gasteiger partial charge in [-0.2, -0.15) is 11.3 Å². The molecular weight excluding hydrogens is 400 g/mol. The van der Waals surface area contributed by atoms with Crippen molar-refractivity contribution in [1.82, 2.24) is 19.7 Å². The quantitative estimate of drug-likeness (QED) is 0.460. The normalized spacial score (nSPS) is 16.7. The van der Waals surface area contributed by atoms with Crippen molar-refractivity contribution in [3.05, 3.63) is 63.6 Å². The van der Waals surface area contributed by atoms with Crippen LogP contribution in [-0.4, -0.2) is 39.4 Å². The molecule has 0 radical (unpaired) electrons. The van der Waals surface area contributed by atoms with Crippen molar-refractivity contribution in [3.63, 3.8) is 0 Å². The lowest BCUT2D eigenvalue weighted by Gasteiger charge is -2.18. The van der Waals surface area contributed by atoms with Crippen molar-refractivity contribution in [2.45, 2.75) is 56.4 Å². The highest BCUT2D eigenvalue weighted by molar-refractivity contribution is 7.98. The SMILES string of the molecule is Cc1ccccc1CSc1nnc(CN(C)Cc2ccsc2)n1C[C@@H]1CCCO1. The summed E-state index contributed by atoms with van der Waals surface area (Å²) in [5, 5.41) is 14.4. The second kappa shape index (κ2) is 9.89. The Labute approximate surface area is 181 Å². The van der Waals surface area contributed by atoms with Gasteiger partial charge in [-0.15, -0.1) is 10.2 Å². The smallest absolute Gasteiger partial charge is 0.191 e. The standard InChI is InChI=1S/C22H28N4OS2/c1-17-6-3-4-7-19(17)16-29-22-24-23-21(26(22)13-20-8-5-10-27-20)14-25(2)12-18-9-11-28-15-18/h3-4,6-7,9,11,15,20H,5,8,10,12-14,16H2,1-2H3/t20-/m0/s1. The summed E-state index contributed by atoms with van der Waals surface area (Å²) in [5.74, 6) is 1.92. The number of thiophene rings is 1. The third-order valence-corrected chi connectivity index (χ3v) is 7.01. The molecule has 5 nitrogen and oxygen atoms in total. The molecule has 0 spiro atoms. The minimum Gasteiger partial charge on any atom is -0.376 e. The van der Waals surface area contributed by atoms with Gasteiger partial charge in [-0.25, -0.2) is 0 Å². The average molecular weight is 429 g/mol. The van der Waals surface area contributed by atoms with Crippen molar-refractivity contribution in [3.8, 4) is 0 Å². The highest BCUT2D eigenvalue weighted by Gasteiger charge is 2.22. The van der Waals surface area contributed by atoms with Crippen LogP contribution < -0.4 is 0 Å². The van der Waals surface area contributed by atoms with E-state index in [9.17, 15) is 0 Å². The minimum atomic E-state index is 0.268. The minimum absolute atomic E-state index is 0.268.